The van der Waals surface area contributed by atoms with Crippen molar-refractivity contribution in [3.05, 3.63) is 24.0 Å². The van der Waals surface area contributed by atoms with Crippen molar-refractivity contribution in [1.29, 1.82) is 0 Å². The average Bonchev–Trinajstić information content (AvgIpc) is 2.26. The number of rotatable bonds is 1. The summed E-state index contributed by atoms with van der Waals surface area (Å²) in [6, 6.07) is 3.33. The lowest BCUT2D eigenvalue weighted by atomic mass is 10.2. The second kappa shape index (κ2) is 4.96. The molecule has 92 valence electrons. The highest BCUT2D eigenvalue weighted by Gasteiger charge is 2.27. The van der Waals surface area contributed by atoms with Crippen LogP contribution >= 0.6 is 11.8 Å². The van der Waals surface area contributed by atoms with E-state index in [1.165, 1.54) is 0 Å². The van der Waals surface area contributed by atoms with Gasteiger partial charge in [-0.05, 0) is 12.1 Å². The summed E-state index contributed by atoms with van der Waals surface area (Å²) >= 11 is 1.92. The van der Waals surface area contributed by atoms with Crippen LogP contribution in [0.25, 0.3) is 0 Å². The Morgan fingerprint density at radius 1 is 1.47 bits per heavy atom. The lowest BCUT2D eigenvalue weighted by Crippen LogP contribution is -2.44. The number of amides is 1. The third-order valence-electron chi connectivity index (χ3n) is 2.71. The zero-order valence-corrected chi connectivity index (χ0v) is 10.9. The molecule has 1 aromatic heterocycles. The van der Waals surface area contributed by atoms with Crippen molar-refractivity contribution in [1.82, 2.24) is 9.88 Å². The van der Waals surface area contributed by atoms with Gasteiger partial charge in [0.2, 0.25) is 0 Å². The van der Waals surface area contributed by atoms with E-state index in [2.05, 4.69) is 18.8 Å². The highest BCUT2D eigenvalue weighted by molar-refractivity contribution is 8.00. The minimum absolute atomic E-state index is 0.0173. The zero-order valence-electron chi connectivity index (χ0n) is 10.1. The lowest BCUT2D eigenvalue weighted by Gasteiger charge is -2.34. The van der Waals surface area contributed by atoms with Gasteiger partial charge in [-0.3, -0.25) is 9.78 Å². The number of thioether (sulfide) groups is 1. The van der Waals surface area contributed by atoms with E-state index in [4.69, 9.17) is 5.73 Å². The largest absolute Gasteiger partial charge is 0.399 e. The molecule has 2 rings (SSSR count). The van der Waals surface area contributed by atoms with Crippen LogP contribution in [0, 0.1) is 0 Å². The SMILES string of the molecule is CC1CN(C(=O)c2cc(N)ccn2)CC(C)S1. The van der Waals surface area contributed by atoms with Gasteiger partial charge in [0.15, 0.2) is 0 Å². The fraction of sp³-hybridized carbons (Fsp3) is 0.500. The first-order valence-corrected chi connectivity index (χ1v) is 6.67. The molecule has 1 fully saturated rings. The molecule has 1 saturated heterocycles. The fourth-order valence-corrected chi connectivity index (χ4v) is 3.39. The van der Waals surface area contributed by atoms with Crippen LogP contribution in [0.5, 0.6) is 0 Å². The van der Waals surface area contributed by atoms with E-state index in [1.54, 1.807) is 18.3 Å². The average molecular weight is 251 g/mol. The Hall–Kier alpha value is -1.23. The number of carbonyl (C=O) groups is 1. The highest BCUT2D eigenvalue weighted by Crippen LogP contribution is 2.25. The van der Waals surface area contributed by atoms with Crippen LogP contribution in [0.3, 0.4) is 0 Å². The first kappa shape index (κ1) is 12.2. The van der Waals surface area contributed by atoms with Crippen LogP contribution < -0.4 is 5.73 Å². The van der Waals surface area contributed by atoms with Crippen molar-refractivity contribution in [2.24, 2.45) is 0 Å². The van der Waals surface area contributed by atoms with Gasteiger partial charge in [-0.25, -0.2) is 0 Å². The summed E-state index contributed by atoms with van der Waals surface area (Å²) in [7, 11) is 0. The lowest BCUT2D eigenvalue weighted by molar-refractivity contribution is 0.0747. The molecule has 0 aromatic carbocycles. The van der Waals surface area contributed by atoms with Crippen molar-refractivity contribution < 1.29 is 4.79 Å². The highest BCUT2D eigenvalue weighted by atomic mass is 32.2. The Labute approximate surface area is 106 Å². The quantitative estimate of drug-likeness (QED) is 0.824. The summed E-state index contributed by atoms with van der Waals surface area (Å²) in [5.74, 6) is -0.0173. The molecule has 2 N–H and O–H groups in total. The molecule has 0 spiro atoms. The summed E-state index contributed by atoms with van der Waals surface area (Å²) in [5, 5.41) is 0.951. The molecule has 1 amide bonds. The number of pyridine rings is 1. The predicted octanol–water partition coefficient (Wildman–Crippen LogP) is 1.63. The Morgan fingerprint density at radius 3 is 2.71 bits per heavy atom. The molecule has 0 aliphatic carbocycles. The van der Waals surface area contributed by atoms with Gasteiger partial charge in [0.1, 0.15) is 5.69 Å². The van der Waals surface area contributed by atoms with Gasteiger partial charge in [-0.1, -0.05) is 13.8 Å². The molecule has 17 heavy (non-hydrogen) atoms. The summed E-state index contributed by atoms with van der Waals surface area (Å²) in [6.45, 7) is 5.86. The van der Waals surface area contributed by atoms with Crippen LogP contribution in [0.2, 0.25) is 0 Å². The summed E-state index contributed by atoms with van der Waals surface area (Å²) in [5.41, 5.74) is 6.69. The van der Waals surface area contributed by atoms with Gasteiger partial charge in [-0.2, -0.15) is 11.8 Å². The summed E-state index contributed by atoms with van der Waals surface area (Å²) < 4.78 is 0. The van der Waals surface area contributed by atoms with Gasteiger partial charge in [-0.15, -0.1) is 0 Å². The van der Waals surface area contributed by atoms with Crippen molar-refractivity contribution in [2.45, 2.75) is 24.3 Å². The molecule has 2 heterocycles. The predicted molar refractivity (Wildman–Crippen MR) is 71.1 cm³/mol. The van der Waals surface area contributed by atoms with E-state index in [0.29, 0.717) is 21.9 Å². The van der Waals surface area contributed by atoms with Gasteiger partial charge >= 0.3 is 0 Å². The number of hydrogen-bond acceptors (Lipinski definition) is 4. The van der Waals surface area contributed by atoms with E-state index >= 15 is 0 Å². The van der Waals surface area contributed by atoms with Gasteiger partial charge in [0.05, 0.1) is 0 Å². The summed E-state index contributed by atoms with van der Waals surface area (Å²) in [4.78, 5) is 18.2. The molecule has 0 saturated carbocycles. The van der Waals surface area contributed by atoms with Crippen molar-refractivity contribution in [3.8, 4) is 0 Å². The van der Waals surface area contributed by atoms with E-state index in [1.807, 2.05) is 16.7 Å². The van der Waals surface area contributed by atoms with Crippen LogP contribution in [-0.4, -0.2) is 39.4 Å². The molecule has 2 atom stereocenters. The Balaban J connectivity index is 2.14. The number of nitrogen functional groups attached to an aromatic ring is 1. The third kappa shape index (κ3) is 2.91. The maximum absolute atomic E-state index is 12.2. The molecule has 4 nitrogen and oxygen atoms in total. The summed E-state index contributed by atoms with van der Waals surface area (Å²) in [6.07, 6.45) is 1.58. The molecular formula is C12H17N3OS. The maximum Gasteiger partial charge on any atom is 0.272 e. The van der Waals surface area contributed by atoms with Crippen molar-refractivity contribution >= 4 is 23.4 Å². The van der Waals surface area contributed by atoms with Gasteiger partial charge in [0, 0.05) is 35.5 Å². The monoisotopic (exact) mass is 251 g/mol. The van der Waals surface area contributed by atoms with Gasteiger partial charge in [0.25, 0.3) is 5.91 Å². The molecule has 0 radical (unpaired) electrons. The minimum atomic E-state index is -0.0173. The zero-order chi connectivity index (χ0) is 12.4. The second-order valence-corrected chi connectivity index (χ2v) is 6.32. The molecule has 2 unspecified atom stereocenters. The molecular weight excluding hydrogens is 234 g/mol. The first-order chi connectivity index (χ1) is 8.06. The second-order valence-electron chi connectivity index (χ2n) is 4.44. The smallest absolute Gasteiger partial charge is 0.272 e. The normalized spacial score (nSPS) is 24.7. The molecule has 1 aromatic rings. The first-order valence-electron chi connectivity index (χ1n) is 5.72. The van der Waals surface area contributed by atoms with E-state index in [-0.39, 0.29) is 5.91 Å². The topological polar surface area (TPSA) is 59.2 Å². The van der Waals surface area contributed by atoms with Crippen molar-refractivity contribution in [2.75, 3.05) is 18.8 Å². The molecule has 5 heteroatoms. The minimum Gasteiger partial charge on any atom is -0.399 e. The van der Waals surface area contributed by atoms with Crippen LogP contribution in [0.4, 0.5) is 5.69 Å². The number of carbonyl (C=O) groups excluding carboxylic acids is 1. The number of hydrogen-bond donors (Lipinski definition) is 1. The Bertz CT molecular complexity index is 414. The molecule has 1 aliphatic heterocycles. The Morgan fingerprint density at radius 2 is 2.12 bits per heavy atom. The van der Waals surface area contributed by atoms with Crippen LogP contribution in [0.15, 0.2) is 18.3 Å². The van der Waals surface area contributed by atoms with E-state index < -0.39 is 0 Å². The Kier molecular flexibility index (Phi) is 3.57. The van der Waals surface area contributed by atoms with Gasteiger partial charge < -0.3 is 10.6 Å². The van der Waals surface area contributed by atoms with Crippen LogP contribution in [-0.2, 0) is 0 Å². The van der Waals surface area contributed by atoms with E-state index in [9.17, 15) is 4.79 Å². The standard InChI is InChI=1S/C12H17N3OS/c1-8-6-15(7-9(2)17-8)12(16)11-5-10(13)3-4-14-11/h3-5,8-9H,6-7H2,1-2H3,(H2,13,14). The maximum atomic E-state index is 12.2. The van der Waals surface area contributed by atoms with E-state index in [0.717, 1.165) is 13.1 Å². The number of nitrogens with two attached hydrogens (primary N) is 1. The number of nitrogens with zero attached hydrogens (tertiary/aromatic N) is 2. The molecule has 0 bridgehead atoms. The molecule has 1 aliphatic rings. The van der Waals surface area contributed by atoms with Crippen molar-refractivity contribution in [3.63, 3.8) is 0 Å². The number of aromatic nitrogens is 1. The van der Waals surface area contributed by atoms with Crippen LogP contribution in [0.1, 0.15) is 24.3 Å². The fourth-order valence-electron chi connectivity index (χ4n) is 2.07. The number of anilines is 1. The third-order valence-corrected chi connectivity index (χ3v) is 3.94.